The molecule has 0 aliphatic carbocycles. The van der Waals surface area contributed by atoms with Crippen LogP contribution in [0.1, 0.15) is 20.3 Å². The Labute approximate surface area is 121 Å². The fourth-order valence-electron chi connectivity index (χ4n) is 1.55. The Balaban J connectivity index is 2.54. The van der Waals surface area contributed by atoms with E-state index in [2.05, 4.69) is 10.1 Å². The first-order valence-electron chi connectivity index (χ1n) is 6.32. The van der Waals surface area contributed by atoms with Gasteiger partial charge >= 0.3 is 5.97 Å². The average molecular weight is 301 g/mol. The van der Waals surface area contributed by atoms with Crippen LogP contribution in [-0.2, 0) is 14.3 Å². The first-order valence-corrected chi connectivity index (χ1v) is 6.32. The fourth-order valence-corrected chi connectivity index (χ4v) is 1.55. The van der Waals surface area contributed by atoms with E-state index >= 15 is 0 Å². The van der Waals surface area contributed by atoms with Crippen LogP contribution in [0.25, 0.3) is 0 Å². The SMILES string of the molecule is COC(=O)C[C@H](C)NC(=O)[C@@H](C)Oc1ccc(F)c(F)c1. The molecule has 1 N–H and O–H groups in total. The van der Waals surface area contributed by atoms with Crippen LogP contribution in [0.3, 0.4) is 0 Å². The van der Waals surface area contributed by atoms with E-state index in [1.807, 2.05) is 0 Å². The van der Waals surface area contributed by atoms with Crippen LogP contribution >= 0.6 is 0 Å². The number of carbonyl (C=O) groups is 2. The Kier molecular flexibility index (Phi) is 6.08. The topological polar surface area (TPSA) is 64.6 Å². The highest BCUT2D eigenvalue weighted by atomic mass is 19.2. The van der Waals surface area contributed by atoms with Crippen LogP contribution in [0.5, 0.6) is 5.75 Å². The number of carbonyl (C=O) groups excluding carboxylic acids is 2. The number of ether oxygens (including phenoxy) is 2. The van der Waals surface area contributed by atoms with Crippen LogP contribution in [0.15, 0.2) is 18.2 Å². The molecule has 0 fully saturated rings. The molecular weight excluding hydrogens is 284 g/mol. The second kappa shape index (κ2) is 7.56. The number of methoxy groups -OCH3 is 1. The van der Waals surface area contributed by atoms with Crippen molar-refractivity contribution in [3.05, 3.63) is 29.8 Å². The Morgan fingerprint density at radius 1 is 1.24 bits per heavy atom. The van der Waals surface area contributed by atoms with Crippen molar-refractivity contribution in [2.45, 2.75) is 32.4 Å². The summed E-state index contributed by atoms with van der Waals surface area (Å²) < 4.78 is 35.5. The van der Waals surface area contributed by atoms with Crippen LogP contribution in [-0.4, -0.2) is 31.1 Å². The number of halogens is 2. The second-order valence-corrected chi connectivity index (χ2v) is 4.53. The van der Waals surface area contributed by atoms with Gasteiger partial charge in [0.05, 0.1) is 13.5 Å². The number of nitrogens with one attached hydrogen (secondary N) is 1. The second-order valence-electron chi connectivity index (χ2n) is 4.53. The van der Waals surface area contributed by atoms with Gasteiger partial charge in [-0.1, -0.05) is 0 Å². The standard InChI is InChI=1S/C14H17F2NO4/c1-8(6-13(18)20-3)17-14(19)9(2)21-10-4-5-11(15)12(16)7-10/h4-5,7-9H,6H2,1-3H3,(H,17,19)/t8-,9+/m0/s1. The van der Waals surface area contributed by atoms with Gasteiger partial charge in [0.1, 0.15) is 5.75 Å². The minimum atomic E-state index is -1.06. The van der Waals surface area contributed by atoms with E-state index in [4.69, 9.17) is 4.74 Å². The minimum Gasteiger partial charge on any atom is -0.481 e. The van der Waals surface area contributed by atoms with E-state index in [0.29, 0.717) is 0 Å². The Morgan fingerprint density at radius 2 is 1.90 bits per heavy atom. The number of benzene rings is 1. The molecule has 116 valence electrons. The molecule has 1 amide bonds. The summed E-state index contributed by atoms with van der Waals surface area (Å²) in [6.07, 6.45) is -0.893. The van der Waals surface area contributed by atoms with Gasteiger partial charge in [0.2, 0.25) is 0 Å². The fraction of sp³-hybridized carbons (Fsp3) is 0.429. The summed E-state index contributed by atoms with van der Waals surface area (Å²) >= 11 is 0. The summed E-state index contributed by atoms with van der Waals surface area (Å²) in [4.78, 5) is 22.9. The predicted octanol–water partition coefficient (Wildman–Crippen LogP) is 1.80. The van der Waals surface area contributed by atoms with Crippen molar-refractivity contribution in [2.75, 3.05) is 7.11 Å². The number of hydrogen-bond donors (Lipinski definition) is 1. The van der Waals surface area contributed by atoms with Gasteiger partial charge in [-0.3, -0.25) is 9.59 Å². The average Bonchev–Trinajstić information content (AvgIpc) is 2.42. The van der Waals surface area contributed by atoms with E-state index in [9.17, 15) is 18.4 Å². The predicted molar refractivity (Wildman–Crippen MR) is 70.7 cm³/mol. The van der Waals surface area contributed by atoms with E-state index < -0.39 is 35.7 Å². The lowest BCUT2D eigenvalue weighted by Crippen LogP contribution is -2.42. The largest absolute Gasteiger partial charge is 0.481 e. The third-order valence-electron chi connectivity index (χ3n) is 2.66. The van der Waals surface area contributed by atoms with Crippen molar-refractivity contribution in [1.82, 2.24) is 5.32 Å². The van der Waals surface area contributed by atoms with Crippen molar-refractivity contribution < 1.29 is 27.8 Å². The van der Waals surface area contributed by atoms with Crippen LogP contribution in [0.4, 0.5) is 8.78 Å². The summed E-state index contributed by atoms with van der Waals surface area (Å²) in [6, 6.07) is 2.56. The molecule has 0 heterocycles. The van der Waals surface area contributed by atoms with Crippen molar-refractivity contribution >= 4 is 11.9 Å². The first-order chi connectivity index (χ1) is 9.83. The molecule has 0 aliphatic heterocycles. The number of esters is 1. The highest BCUT2D eigenvalue weighted by Gasteiger charge is 2.19. The lowest BCUT2D eigenvalue weighted by atomic mass is 10.2. The van der Waals surface area contributed by atoms with Gasteiger partial charge in [-0.05, 0) is 26.0 Å². The van der Waals surface area contributed by atoms with Gasteiger partial charge in [0.25, 0.3) is 5.91 Å². The molecule has 5 nitrogen and oxygen atoms in total. The summed E-state index contributed by atoms with van der Waals surface area (Å²) in [7, 11) is 1.26. The van der Waals surface area contributed by atoms with Gasteiger partial charge in [0.15, 0.2) is 17.7 Å². The van der Waals surface area contributed by atoms with Crippen molar-refractivity contribution in [2.24, 2.45) is 0 Å². The molecule has 0 aliphatic rings. The molecule has 7 heteroatoms. The van der Waals surface area contributed by atoms with Crippen molar-refractivity contribution in [1.29, 1.82) is 0 Å². The molecule has 1 rings (SSSR count). The molecule has 0 spiro atoms. The first kappa shape index (κ1) is 16.9. The maximum Gasteiger partial charge on any atom is 0.307 e. The molecule has 0 saturated carbocycles. The van der Waals surface area contributed by atoms with E-state index in [-0.39, 0.29) is 12.2 Å². The molecule has 1 aromatic carbocycles. The monoisotopic (exact) mass is 301 g/mol. The van der Waals surface area contributed by atoms with Gasteiger partial charge in [0, 0.05) is 12.1 Å². The third-order valence-corrected chi connectivity index (χ3v) is 2.66. The molecule has 1 aromatic rings. The Morgan fingerprint density at radius 3 is 2.48 bits per heavy atom. The van der Waals surface area contributed by atoms with E-state index in [1.54, 1.807) is 6.92 Å². The summed E-state index contributed by atoms with van der Waals surface area (Å²) in [6.45, 7) is 3.10. The summed E-state index contributed by atoms with van der Waals surface area (Å²) in [5.74, 6) is -2.93. The maximum absolute atomic E-state index is 13.0. The summed E-state index contributed by atoms with van der Waals surface area (Å²) in [5.41, 5.74) is 0. The maximum atomic E-state index is 13.0. The zero-order valence-corrected chi connectivity index (χ0v) is 12.0. The zero-order valence-electron chi connectivity index (χ0n) is 12.0. The van der Waals surface area contributed by atoms with Crippen LogP contribution in [0, 0.1) is 11.6 Å². The third kappa shape index (κ3) is 5.37. The van der Waals surface area contributed by atoms with Gasteiger partial charge in [-0.25, -0.2) is 8.78 Å². The smallest absolute Gasteiger partial charge is 0.307 e. The molecule has 2 atom stereocenters. The molecule has 21 heavy (non-hydrogen) atoms. The lowest BCUT2D eigenvalue weighted by Gasteiger charge is -2.18. The van der Waals surface area contributed by atoms with Crippen molar-refractivity contribution in [3.8, 4) is 5.75 Å². The van der Waals surface area contributed by atoms with Crippen LogP contribution in [0.2, 0.25) is 0 Å². The number of hydrogen-bond acceptors (Lipinski definition) is 4. The van der Waals surface area contributed by atoms with Gasteiger partial charge in [-0.2, -0.15) is 0 Å². The molecule has 0 aromatic heterocycles. The van der Waals surface area contributed by atoms with Gasteiger partial charge in [-0.15, -0.1) is 0 Å². The van der Waals surface area contributed by atoms with Gasteiger partial charge < -0.3 is 14.8 Å². The van der Waals surface area contributed by atoms with E-state index in [1.165, 1.54) is 20.1 Å². The molecule has 0 unspecified atom stereocenters. The quantitative estimate of drug-likeness (QED) is 0.814. The zero-order chi connectivity index (χ0) is 16.0. The highest BCUT2D eigenvalue weighted by molar-refractivity contribution is 5.81. The van der Waals surface area contributed by atoms with Crippen LogP contribution < -0.4 is 10.1 Å². The number of rotatable bonds is 6. The van der Waals surface area contributed by atoms with E-state index in [0.717, 1.165) is 12.1 Å². The molecular formula is C14H17F2NO4. The van der Waals surface area contributed by atoms with Crippen molar-refractivity contribution in [3.63, 3.8) is 0 Å². The number of amides is 1. The molecule has 0 saturated heterocycles. The molecule has 0 radical (unpaired) electrons. The Hall–Kier alpha value is -2.18. The highest BCUT2D eigenvalue weighted by Crippen LogP contribution is 2.16. The minimum absolute atomic E-state index is 0.0279. The lowest BCUT2D eigenvalue weighted by molar-refractivity contribution is -0.141. The Bertz CT molecular complexity index is 522. The normalized spacial score (nSPS) is 13.2. The molecule has 0 bridgehead atoms. The summed E-state index contributed by atoms with van der Waals surface area (Å²) in [5, 5.41) is 2.56.